The Balaban J connectivity index is 1.59. The highest BCUT2D eigenvalue weighted by molar-refractivity contribution is 6.30. The summed E-state index contributed by atoms with van der Waals surface area (Å²) in [5.41, 5.74) is -0.814. The number of halogens is 1. The van der Waals surface area contributed by atoms with E-state index in [1.807, 2.05) is 0 Å². The largest absolute Gasteiger partial charge is 0.478 e. The van der Waals surface area contributed by atoms with Crippen LogP contribution in [0.25, 0.3) is 11.5 Å². The second-order valence-corrected chi connectivity index (χ2v) is 7.02. The topological polar surface area (TPSA) is 86.4 Å². The van der Waals surface area contributed by atoms with E-state index < -0.39 is 5.60 Å². The first-order valence-electron chi connectivity index (χ1n) is 8.70. The van der Waals surface area contributed by atoms with E-state index in [0.29, 0.717) is 22.2 Å². The van der Waals surface area contributed by atoms with Gasteiger partial charge in [0.1, 0.15) is 11.4 Å². The van der Waals surface area contributed by atoms with Gasteiger partial charge in [-0.25, -0.2) is 4.68 Å². The van der Waals surface area contributed by atoms with Crippen LogP contribution in [0, 0.1) is 0 Å². The first-order chi connectivity index (χ1) is 13.3. The van der Waals surface area contributed by atoms with Gasteiger partial charge in [0.05, 0.1) is 12.8 Å². The molecule has 0 saturated heterocycles. The molecule has 1 N–H and O–H groups in total. The van der Waals surface area contributed by atoms with Crippen molar-refractivity contribution in [1.82, 2.24) is 15.1 Å². The summed E-state index contributed by atoms with van der Waals surface area (Å²) in [6, 6.07) is 13.3. The summed E-state index contributed by atoms with van der Waals surface area (Å²) in [6.45, 7) is 3.77. The molecule has 28 heavy (non-hydrogen) atoms. The molecular weight excluding hydrogens is 382 g/mol. The van der Waals surface area contributed by atoms with Crippen molar-refractivity contribution in [3.8, 4) is 17.2 Å². The quantitative estimate of drug-likeness (QED) is 0.657. The fraction of sp³-hybridized carbons (Fsp3) is 0.250. The van der Waals surface area contributed by atoms with Crippen LogP contribution in [-0.2, 0) is 11.3 Å². The normalized spacial score (nSPS) is 11.2. The highest BCUT2D eigenvalue weighted by Crippen LogP contribution is 2.21. The predicted molar refractivity (Wildman–Crippen MR) is 105 cm³/mol. The Kier molecular flexibility index (Phi) is 5.84. The zero-order valence-corrected chi connectivity index (χ0v) is 16.3. The van der Waals surface area contributed by atoms with Crippen molar-refractivity contribution in [3.05, 3.63) is 70.2 Å². The average Bonchev–Trinajstić information content (AvgIpc) is 3.19. The van der Waals surface area contributed by atoms with Gasteiger partial charge < -0.3 is 14.5 Å². The molecule has 0 radical (unpaired) electrons. The van der Waals surface area contributed by atoms with Crippen LogP contribution in [0.1, 0.15) is 13.8 Å². The van der Waals surface area contributed by atoms with Crippen LogP contribution >= 0.6 is 11.6 Å². The highest BCUT2D eigenvalue weighted by Gasteiger charge is 2.29. The lowest BCUT2D eigenvalue weighted by atomic mass is 10.1. The molecule has 0 unspecified atom stereocenters. The van der Waals surface area contributed by atoms with Crippen LogP contribution in [0.2, 0.25) is 5.02 Å². The highest BCUT2D eigenvalue weighted by atomic mass is 35.5. The van der Waals surface area contributed by atoms with Crippen molar-refractivity contribution in [2.24, 2.45) is 0 Å². The molecule has 0 saturated carbocycles. The molecule has 3 rings (SSSR count). The minimum absolute atomic E-state index is 0.218. The summed E-state index contributed by atoms with van der Waals surface area (Å²) in [5, 5.41) is 7.62. The predicted octanol–water partition coefficient (Wildman–Crippen LogP) is 3.13. The number of hydrogen-bond donors (Lipinski definition) is 1. The number of nitrogens with zero attached hydrogens (tertiary/aromatic N) is 2. The summed E-state index contributed by atoms with van der Waals surface area (Å²) >= 11 is 5.85. The molecule has 146 valence electrons. The Morgan fingerprint density at radius 2 is 1.96 bits per heavy atom. The van der Waals surface area contributed by atoms with Gasteiger partial charge in [0.2, 0.25) is 0 Å². The summed E-state index contributed by atoms with van der Waals surface area (Å²) in [4.78, 5) is 24.5. The van der Waals surface area contributed by atoms with E-state index in [4.69, 9.17) is 20.8 Å². The molecule has 0 bridgehead atoms. The Labute approximate surface area is 166 Å². The third-order valence-corrected chi connectivity index (χ3v) is 4.23. The van der Waals surface area contributed by atoms with Crippen molar-refractivity contribution in [2.45, 2.75) is 26.0 Å². The summed E-state index contributed by atoms with van der Waals surface area (Å²) in [6.07, 6.45) is 1.54. The van der Waals surface area contributed by atoms with Gasteiger partial charge in [-0.3, -0.25) is 9.59 Å². The summed E-state index contributed by atoms with van der Waals surface area (Å²) in [5.74, 6) is 0.793. The zero-order chi connectivity index (χ0) is 20.1. The number of nitrogens with one attached hydrogen (secondary N) is 1. The second-order valence-electron chi connectivity index (χ2n) is 6.58. The van der Waals surface area contributed by atoms with Crippen molar-refractivity contribution < 1.29 is 13.9 Å². The maximum Gasteiger partial charge on any atom is 0.266 e. The minimum Gasteiger partial charge on any atom is -0.478 e. The van der Waals surface area contributed by atoms with E-state index in [9.17, 15) is 9.59 Å². The van der Waals surface area contributed by atoms with Gasteiger partial charge in [-0.1, -0.05) is 11.6 Å². The maximum atomic E-state index is 12.5. The first kappa shape index (κ1) is 19.7. The molecule has 2 aromatic heterocycles. The Morgan fingerprint density at radius 1 is 1.21 bits per heavy atom. The number of benzene rings is 1. The second kappa shape index (κ2) is 8.31. The fourth-order valence-corrected chi connectivity index (χ4v) is 2.62. The molecule has 0 aliphatic carbocycles. The molecule has 0 atom stereocenters. The van der Waals surface area contributed by atoms with Gasteiger partial charge in [0.25, 0.3) is 11.5 Å². The van der Waals surface area contributed by atoms with E-state index in [2.05, 4.69) is 10.4 Å². The molecule has 8 heteroatoms. The first-order valence-corrected chi connectivity index (χ1v) is 9.08. The van der Waals surface area contributed by atoms with Crippen molar-refractivity contribution >= 4 is 17.5 Å². The molecule has 1 amide bonds. The van der Waals surface area contributed by atoms with Gasteiger partial charge in [-0.15, -0.1) is 0 Å². The summed E-state index contributed by atoms with van der Waals surface area (Å²) < 4.78 is 12.3. The van der Waals surface area contributed by atoms with Crippen molar-refractivity contribution in [2.75, 3.05) is 6.54 Å². The van der Waals surface area contributed by atoms with Crippen molar-refractivity contribution in [1.29, 1.82) is 0 Å². The molecule has 0 aliphatic heterocycles. The van der Waals surface area contributed by atoms with Gasteiger partial charge in [0, 0.05) is 17.6 Å². The van der Waals surface area contributed by atoms with Crippen LogP contribution in [0.4, 0.5) is 0 Å². The van der Waals surface area contributed by atoms with E-state index in [-0.39, 0.29) is 24.6 Å². The number of rotatable bonds is 7. The monoisotopic (exact) mass is 401 g/mol. The number of hydrogen-bond acceptors (Lipinski definition) is 5. The lowest BCUT2D eigenvalue weighted by Crippen LogP contribution is -2.47. The SMILES string of the molecule is CC(C)(Oc1ccc(Cl)cc1)C(=O)NCCn1nc(-c2ccco2)ccc1=O. The molecule has 0 spiro atoms. The van der Waals surface area contributed by atoms with Crippen LogP contribution in [0.3, 0.4) is 0 Å². The van der Waals surface area contributed by atoms with Crippen molar-refractivity contribution in [3.63, 3.8) is 0 Å². The standard InChI is InChI=1S/C20H20ClN3O4/c1-20(2,28-15-7-5-14(21)6-8-15)19(26)22-11-12-24-18(25)10-9-16(23-24)17-4-3-13-27-17/h3-10,13H,11-12H2,1-2H3,(H,22,26). The molecule has 0 aliphatic rings. The number of ether oxygens (including phenoxy) is 1. The van der Waals surface area contributed by atoms with E-state index in [0.717, 1.165) is 0 Å². The Morgan fingerprint density at radius 3 is 2.64 bits per heavy atom. The smallest absolute Gasteiger partial charge is 0.266 e. The maximum absolute atomic E-state index is 12.5. The fourth-order valence-electron chi connectivity index (χ4n) is 2.50. The van der Waals surface area contributed by atoms with Crippen LogP contribution in [-0.4, -0.2) is 27.8 Å². The minimum atomic E-state index is -1.10. The van der Waals surface area contributed by atoms with E-state index in [1.165, 1.54) is 17.0 Å². The number of furan rings is 1. The zero-order valence-electron chi connectivity index (χ0n) is 15.5. The van der Waals surface area contributed by atoms with Crippen LogP contribution in [0.15, 0.2) is 64.0 Å². The van der Waals surface area contributed by atoms with E-state index >= 15 is 0 Å². The third kappa shape index (κ3) is 4.80. The molecule has 3 aromatic rings. The number of carbonyl (C=O) groups is 1. The van der Waals surface area contributed by atoms with Gasteiger partial charge in [-0.05, 0) is 56.3 Å². The van der Waals surface area contributed by atoms with Crippen LogP contribution in [0.5, 0.6) is 5.75 Å². The molecule has 1 aromatic carbocycles. The number of amides is 1. The lowest BCUT2D eigenvalue weighted by Gasteiger charge is -2.25. The van der Waals surface area contributed by atoms with Crippen LogP contribution < -0.4 is 15.6 Å². The molecular formula is C20H20ClN3O4. The molecule has 7 nitrogen and oxygen atoms in total. The molecule has 0 fully saturated rings. The summed E-state index contributed by atoms with van der Waals surface area (Å²) in [7, 11) is 0. The Bertz CT molecular complexity index is 995. The van der Waals surface area contributed by atoms with E-state index in [1.54, 1.807) is 56.3 Å². The number of carbonyl (C=O) groups excluding carboxylic acids is 1. The van der Waals surface area contributed by atoms with Gasteiger partial charge >= 0.3 is 0 Å². The van der Waals surface area contributed by atoms with Gasteiger partial charge in [-0.2, -0.15) is 5.10 Å². The average molecular weight is 402 g/mol. The van der Waals surface area contributed by atoms with Gasteiger partial charge in [0.15, 0.2) is 11.4 Å². The number of aromatic nitrogens is 2. The lowest BCUT2D eigenvalue weighted by molar-refractivity contribution is -0.134. The Hall–Kier alpha value is -3.06. The molecule has 2 heterocycles. The third-order valence-electron chi connectivity index (χ3n) is 3.98.